The van der Waals surface area contributed by atoms with Crippen LogP contribution >= 0.6 is 0 Å². The maximum Gasteiger partial charge on any atom is 0.241 e. The van der Waals surface area contributed by atoms with Crippen LogP contribution in [0.3, 0.4) is 0 Å². The zero-order valence-corrected chi connectivity index (χ0v) is 17.6. The van der Waals surface area contributed by atoms with Gasteiger partial charge in [-0.2, -0.15) is 0 Å². The van der Waals surface area contributed by atoms with Gasteiger partial charge in [0.15, 0.2) is 0 Å². The van der Waals surface area contributed by atoms with Crippen molar-refractivity contribution in [3.8, 4) is 0 Å². The first-order valence-electron chi connectivity index (χ1n) is 10.6. The van der Waals surface area contributed by atoms with E-state index in [2.05, 4.69) is 5.32 Å². The Morgan fingerprint density at radius 2 is 1.59 bits per heavy atom. The van der Waals surface area contributed by atoms with Crippen molar-refractivity contribution in [2.75, 3.05) is 17.1 Å². The molecule has 0 unspecified atom stereocenters. The number of hydrogen-bond acceptors (Lipinski definition) is 3. The zero-order valence-electron chi connectivity index (χ0n) is 16.8. The fourth-order valence-corrected chi connectivity index (χ4v) is 7.40. The van der Waals surface area contributed by atoms with Crippen molar-refractivity contribution in [2.45, 2.75) is 44.1 Å². The van der Waals surface area contributed by atoms with Crippen LogP contribution < -0.4 is 9.62 Å². The third-order valence-electron chi connectivity index (χ3n) is 7.17. The molecule has 154 valence electrons. The van der Waals surface area contributed by atoms with Gasteiger partial charge in [-0.25, -0.2) is 8.42 Å². The van der Waals surface area contributed by atoms with Gasteiger partial charge < -0.3 is 5.32 Å². The predicted molar refractivity (Wildman–Crippen MR) is 115 cm³/mol. The third kappa shape index (κ3) is 3.52. The summed E-state index contributed by atoms with van der Waals surface area (Å²) in [6.45, 7) is -0.172. The van der Waals surface area contributed by atoms with E-state index < -0.39 is 10.0 Å². The Bertz CT molecular complexity index is 1020. The van der Waals surface area contributed by atoms with Gasteiger partial charge in [0.25, 0.3) is 0 Å². The van der Waals surface area contributed by atoms with Crippen LogP contribution in [0.15, 0.2) is 42.5 Å². The van der Waals surface area contributed by atoms with E-state index in [9.17, 15) is 13.2 Å². The molecule has 0 radical (unpaired) electrons. The van der Waals surface area contributed by atoms with Crippen molar-refractivity contribution in [1.82, 2.24) is 5.32 Å². The van der Waals surface area contributed by atoms with Crippen LogP contribution in [0.1, 0.15) is 38.5 Å². The molecule has 6 heteroatoms. The summed E-state index contributed by atoms with van der Waals surface area (Å²) in [4.78, 5) is 13.1. The van der Waals surface area contributed by atoms with Crippen LogP contribution in [0.2, 0.25) is 0 Å². The summed E-state index contributed by atoms with van der Waals surface area (Å²) in [5, 5.41) is 5.09. The number of anilines is 1. The molecule has 0 saturated heterocycles. The van der Waals surface area contributed by atoms with E-state index >= 15 is 0 Å². The molecule has 0 heterocycles. The highest BCUT2D eigenvalue weighted by atomic mass is 32.2. The van der Waals surface area contributed by atoms with Gasteiger partial charge in [-0.05, 0) is 67.7 Å². The third-order valence-corrected chi connectivity index (χ3v) is 8.29. The predicted octanol–water partition coefficient (Wildman–Crippen LogP) is 3.69. The second kappa shape index (κ2) is 6.73. The minimum atomic E-state index is -3.60. The summed E-state index contributed by atoms with van der Waals surface area (Å²) >= 11 is 0. The normalized spacial score (nSPS) is 30.4. The van der Waals surface area contributed by atoms with Crippen LogP contribution in [-0.4, -0.2) is 32.7 Å². The Hall–Kier alpha value is -2.08. The Balaban J connectivity index is 1.41. The number of fused-ring (bicyclic) bond motifs is 1. The van der Waals surface area contributed by atoms with Gasteiger partial charge in [0.05, 0.1) is 11.9 Å². The molecule has 0 aliphatic heterocycles. The maximum absolute atomic E-state index is 13.1. The highest BCUT2D eigenvalue weighted by Crippen LogP contribution is 2.55. The first-order chi connectivity index (χ1) is 13.8. The first-order valence-corrected chi connectivity index (χ1v) is 12.4. The summed E-state index contributed by atoms with van der Waals surface area (Å²) in [7, 11) is -3.60. The number of hydrogen-bond donors (Lipinski definition) is 1. The average molecular weight is 413 g/mol. The second-order valence-electron chi connectivity index (χ2n) is 9.51. The molecule has 4 bridgehead atoms. The van der Waals surface area contributed by atoms with Crippen molar-refractivity contribution < 1.29 is 13.2 Å². The number of sulfonamides is 1. The van der Waals surface area contributed by atoms with Gasteiger partial charge in [-0.1, -0.05) is 36.4 Å². The van der Waals surface area contributed by atoms with Crippen molar-refractivity contribution >= 4 is 32.4 Å². The van der Waals surface area contributed by atoms with Gasteiger partial charge >= 0.3 is 0 Å². The van der Waals surface area contributed by atoms with Crippen molar-refractivity contribution in [3.05, 3.63) is 42.5 Å². The monoisotopic (exact) mass is 412 g/mol. The molecular weight excluding hydrogens is 384 g/mol. The van der Waals surface area contributed by atoms with E-state index in [4.69, 9.17) is 0 Å². The summed E-state index contributed by atoms with van der Waals surface area (Å²) in [5.74, 6) is 1.99. The zero-order chi connectivity index (χ0) is 20.2. The van der Waals surface area contributed by atoms with Crippen molar-refractivity contribution in [3.63, 3.8) is 0 Å². The number of carbonyl (C=O) groups excluding carboxylic acids is 1. The molecule has 4 aliphatic carbocycles. The van der Waals surface area contributed by atoms with Crippen LogP contribution in [0, 0.1) is 17.8 Å². The van der Waals surface area contributed by atoms with Crippen LogP contribution in [0.25, 0.3) is 10.8 Å². The molecule has 4 aliphatic rings. The summed E-state index contributed by atoms with van der Waals surface area (Å²) in [6.07, 6.45) is 8.25. The van der Waals surface area contributed by atoms with E-state index in [-0.39, 0.29) is 18.0 Å². The largest absolute Gasteiger partial charge is 0.349 e. The lowest BCUT2D eigenvalue weighted by Gasteiger charge is -2.57. The molecule has 1 N–H and O–H groups in total. The molecule has 4 fully saturated rings. The standard InChI is InChI=1S/C23H28N2O3S/c1-29(27,28)25(21-8-4-6-19-5-2-3-7-20(19)21)15-22(26)24-23-12-16-9-17(13-23)11-18(10-16)14-23/h2-8,16-18H,9-15H2,1H3,(H,24,26). The molecule has 4 saturated carbocycles. The number of carbonyl (C=O) groups is 1. The maximum atomic E-state index is 13.1. The average Bonchev–Trinajstić information content (AvgIpc) is 2.63. The molecule has 0 aromatic heterocycles. The fraction of sp³-hybridized carbons (Fsp3) is 0.522. The molecule has 5 nitrogen and oxygen atoms in total. The minimum Gasteiger partial charge on any atom is -0.349 e. The molecule has 2 aromatic rings. The van der Waals surface area contributed by atoms with Gasteiger partial charge in [0, 0.05) is 10.9 Å². The second-order valence-corrected chi connectivity index (χ2v) is 11.4. The molecule has 2 aromatic carbocycles. The Labute approximate surface area is 172 Å². The van der Waals surface area contributed by atoms with E-state index in [1.165, 1.54) is 29.8 Å². The highest BCUT2D eigenvalue weighted by Gasteiger charge is 2.51. The molecule has 29 heavy (non-hydrogen) atoms. The topological polar surface area (TPSA) is 66.5 Å². The number of nitrogens with one attached hydrogen (secondary N) is 1. The Kier molecular flexibility index (Phi) is 4.39. The Morgan fingerprint density at radius 1 is 1.00 bits per heavy atom. The number of amides is 1. The number of nitrogens with zero attached hydrogens (tertiary/aromatic N) is 1. The summed E-state index contributed by atoms with van der Waals surface area (Å²) < 4.78 is 26.5. The van der Waals surface area contributed by atoms with Gasteiger partial charge in [0.1, 0.15) is 6.54 Å². The lowest BCUT2D eigenvalue weighted by Crippen LogP contribution is -2.61. The van der Waals surface area contributed by atoms with Gasteiger partial charge in [-0.3, -0.25) is 9.10 Å². The minimum absolute atomic E-state index is 0.117. The summed E-state index contributed by atoms with van der Waals surface area (Å²) in [6, 6.07) is 13.2. The summed E-state index contributed by atoms with van der Waals surface area (Å²) in [5.41, 5.74) is 0.444. The molecular formula is C23H28N2O3S. The number of benzene rings is 2. The fourth-order valence-electron chi connectivity index (χ4n) is 6.54. The van der Waals surface area contributed by atoms with Crippen LogP contribution in [0.4, 0.5) is 5.69 Å². The quantitative estimate of drug-likeness (QED) is 0.814. The Morgan fingerprint density at radius 3 is 2.21 bits per heavy atom. The first kappa shape index (κ1) is 18.9. The van der Waals surface area contributed by atoms with Gasteiger partial charge in [0.2, 0.25) is 15.9 Å². The van der Waals surface area contributed by atoms with Gasteiger partial charge in [-0.15, -0.1) is 0 Å². The molecule has 6 rings (SSSR count). The van der Waals surface area contributed by atoms with E-state index in [0.29, 0.717) is 5.69 Å². The van der Waals surface area contributed by atoms with Crippen LogP contribution in [0.5, 0.6) is 0 Å². The SMILES string of the molecule is CS(=O)(=O)N(CC(=O)NC12CC3CC(CC(C3)C1)C2)c1cccc2ccccc12. The lowest BCUT2D eigenvalue weighted by atomic mass is 9.53. The van der Waals surface area contributed by atoms with E-state index in [0.717, 1.165) is 47.8 Å². The number of rotatable bonds is 5. The van der Waals surface area contributed by atoms with Crippen molar-refractivity contribution in [1.29, 1.82) is 0 Å². The van der Waals surface area contributed by atoms with E-state index in [1.54, 1.807) is 6.07 Å². The smallest absolute Gasteiger partial charge is 0.241 e. The highest BCUT2D eigenvalue weighted by molar-refractivity contribution is 7.92. The van der Waals surface area contributed by atoms with Crippen LogP contribution in [-0.2, 0) is 14.8 Å². The van der Waals surface area contributed by atoms with E-state index in [1.807, 2.05) is 36.4 Å². The van der Waals surface area contributed by atoms with Crippen molar-refractivity contribution in [2.24, 2.45) is 17.8 Å². The molecule has 0 spiro atoms. The molecule has 0 atom stereocenters. The molecule has 1 amide bonds. The lowest BCUT2D eigenvalue weighted by molar-refractivity contribution is -0.125.